The molecular formula is C52H73AlFN11O16. The molecule has 81 heavy (non-hydrogen) atoms. The van der Waals surface area contributed by atoms with Crippen LogP contribution in [0.4, 0.5) is 10.1 Å². The maximum absolute atomic E-state index is 16.3. The number of carbonyl (C=O) groups is 11. The SMILES string of the molecule is CC[C@H](C)[C@H](NC(=O)CCNC(=O)CCNC(=O)[C@@H](CCC(=O)O)NC(=O)CN1CCC(CNC[C]23CN(CC(=O)O2)[C]2(F)CNCC(=O)[O][Al]32)CC1)C(=O)N[C@H]1CCc2cccc3c2N(C1=O)[C@H](C(=O)N[C@@H]1CC(=O)O[C@H]1OC)C3. The zero-order valence-corrected chi connectivity index (χ0v) is 46.9. The summed E-state index contributed by atoms with van der Waals surface area (Å²) in [5.74, 6) is -6.97. The van der Waals surface area contributed by atoms with E-state index in [1.165, 1.54) is 16.9 Å². The largest absolute Gasteiger partial charge is 0.661 e. The topological polar surface area (TPSA) is 351 Å². The first-order valence-corrected chi connectivity index (χ1v) is 29.4. The highest BCUT2D eigenvalue weighted by Gasteiger charge is 2.77. The second-order valence-corrected chi connectivity index (χ2v) is 25.0. The Balaban J connectivity index is 0.743. The lowest BCUT2D eigenvalue weighted by Crippen LogP contribution is -2.62. The number of carboxylic acids is 1. The quantitative estimate of drug-likeness (QED) is 0.0260. The summed E-state index contributed by atoms with van der Waals surface area (Å²) < 4.78 is 34.8. The summed E-state index contributed by atoms with van der Waals surface area (Å²) in [5, 5.41) is 31.7. The molecule has 442 valence electrons. The summed E-state index contributed by atoms with van der Waals surface area (Å²) in [4.78, 5) is 148. The van der Waals surface area contributed by atoms with Gasteiger partial charge in [-0.2, -0.15) is 0 Å². The highest BCUT2D eigenvalue weighted by Crippen LogP contribution is 2.43. The normalized spacial score (nSPS) is 27.2. The van der Waals surface area contributed by atoms with Gasteiger partial charge in [-0.05, 0) is 74.7 Å². The number of para-hydroxylation sites is 1. The molecule has 3 unspecified atom stereocenters. The number of carbonyl (C=O) groups excluding carboxylic acids is 10. The number of ether oxygens (including phenoxy) is 3. The van der Waals surface area contributed by atoms with Crippen molar-refractivity contribution in [2.24, 2.45) is 11.8 Å². The molecule has 0 radical (unpaired) electrons. The molecule has 29 heteroatoms. The minimum Gasteiger partial charge on any atom is -0.611 e. The molecule has 27 nitrogen and oxygen atoms in total. The molecule has 10 atom stereocenters. The molecule has 0 aromatic heterocycles. The molecule has 5 saturated heterocycles. The van der Waals surface area contributed by atoms with Crippen LogP contribution in [0.2, 0.25) is 0 Å². The van der Waals surface area contributed by atoms with Gasteiger partial charge in [-0.1, -0.05) is 38.5 Å². The number of piperidine rings is 1. The van der Waals surface area contributed by atoms with Crippen molar-refractivity contribution < 1.29 is 80.2 Å². The Labute approximate surface area is 471 Å². The summed E-state index contributed by atoms with van der Waals surface area (Å²) in [6.07, 6.45) is 0.534. The van der Waals surface area contributed by atoms with E-state index in [4.69, 9.17) is 18.0 Å². The number of nitrogens with one attached hydrogen (secondary N) is 8. The second kappa shape index (κ2) is 26.7. The highest BCUT2D eigenvalue weighted by atomic mass is 27.2. The number of cyclic esters (lactones) is 1. The Morgan fingerprint density at radius 1 is 0.901 bits per heavy atom. The Kier molecular flexibility index (Phi) is 20.0. The fraction of sp³-hybridized carbons (Fsp3) is 0.673. The van der Waals surface area contributed by atoms with Crippen LogP contribution >= 0.6 is 0 Å². The van der Waals surface area contributed by atoms with Gasteiger partial charge in [-0.3, -0.25) is 67.4 Å². The third kappa shape index (κ3) is 14.5. The van der Waals surface area contributed by atoms with Crippen molar-refractivity contribution in [1.82, 2.24) is 52.3 Å². The number of nitrogens with zero attached hydrogens (tertiary/aromatic N) is 3. The zero-order chi connectivity index (χ0) is 58.2. The van der Waals surface area contributed by atoms with E-state index < -0.39 is 132 Å². The Hall–Kier alpha value is -6.35. The van der Waals surface area contributed by atoms with Crippen LogP contribution in [-0.4, -0.2) is 219 Å². The maximum Gasteiger partial charge on any atom is 0.661 e. The number of halogens is 1. The summed E-state index contributed by atoms with van der Waals surface area (Å²) in [5.41, 5.74) is 2.22. The van der Waals surface area contributed by atoms with Gasteiger partial charge in [0.2, 0.25) is 47.6 Å². The van der Waals surface area contributed by atoms with Crippen LogP contribution in [0, 0.1) is 11.8 Å². The van der Waals surface area contributed by atoms with Crippen LogP contribution < -0.4 is 47.4 Å². The van der Waals surface area contributed by atoms with Crippen LogP contribution in [0.1, 0.15) is 82.8 Å². The molecule has 8 rings (SSSR count). The smallest absolute Gasteiger partial charge is 0.611 e. The van der Waals surface area contributed by atoms with Crippen molar-refractivity contribution in [3.63, 3.8) is 0 Å². The van der Waals surface area contributed by atoms with Crippen LogP contribution in [0.5, 0.6) is 0 Å². The number of hydrogen-bond donors (Lipinski definition) is 9. The van der Waals surface area contributed by atoms with Crippen molar-refractivity contribution in [3.8, 4) is 0 Å². The van der Waals surface area contributed by atoms with E-state index in [1.54, 1.807) is 6.92 Å². The predicted octanol–water partition coefficient (Wildman–Crippen LogP) is -3.53. The number of alkyl halides is 1. The van der Waals surface area contributed by atoms with Gasteiger partial charge in [-0.15, -0.1) is 0 Å². The van der Waals surface area contributed by atoms with Crippen molar-refractivity contribution >= 4 is 85.4 Å². The number of rotatable bonds is 25. The predicted molar refractivity (Wildman–Crippen MR) is 282 cm³/mol. The van der Waals surface area contributed by atoms with E-state index >= 15 is 4.39 Å². The average Bonchev–Trinajstić information content (AvgIpc) is 3.65. The number of carboxylic acid groups (broad SMARTS) is 1. The Morgan fingerprint density at radius 3 is 2.38 bits per heavy atom. The highest BCUT2D eigenvalue weighted by molar-refractivity contribution is 6.62. The number of hydrogen-bond acceptors (Lipinski definition) is 19. The first-order valence-electron chi connectivity index (χ1n) is 27.8. The van der Waals surface area contributed by atoms with Crippen molar-refractivity contribution in [1.29, 1.82) is 0 Å². The van der Waals surface area contributed by atoms with Gasteiger partial charge >= 0.3 is 32.4 Å². The Bertz CT molecular complexity index is 2610. The van der Waals surface area contributed by atoms with Gasteiger partial charge in [-0.25, -0.2) is 4.39 Å². The van der Waals surface area contributed by atoms with Gasteiger partial charge in [0, 0.05) is 65.5 Å². The lowest BCUT2D eigenvalue weighted by Gasteiger charge is -2.36. The monoisotopic (exact) mass is 1150 g/mol. The summed E-state index contributed by atoms with van der Waals surface area (Å²) in [6, 6.07) is 0.483. The van der Waals surface area contributed by atoms with E-state index in [2.05, 4.69) is 42.5 Å². The van der Waals surface area contributed by atoms with Gasteiger partial charge < -0.3 is 65.6 Å². The van der Waals surface area contributed by atoms with Gasteiger partial charge in [0.15, 0.2) is 4.65 Å². The second-order valence-electron chi connectivity index (χ2n) is 22.0. The van der Waals surface area contributed by atoms with Gasteiger partial charge in [0.1, 0.15) is 34.7 Å². The molecule has 0 aliphatic carbocycles. The minimum absolute atomic E-state index is 0.0630. The lowest BCUT2D eigenvalue weighted by molar-refractivity contribution is -0.164. The van der Waals surface area contributed by atoms with Gasteiger partial charge in [0.25, 0.3) is 5.97 Å². The number of morpholine rings is 1. The summed E-state index contributed by atoms with van der Waals surface area (Å²) in [6.45, 7) is 4.58. The molecule has 0 saturated carbocycles. The molecule has 7 amide bonds. The van der Waals surface area contributed by atoms with Crippen molar-refractivity contribution in [2.75, 3.05) is 84.0 Å². The molecule has 7 aliphatic heterocycles. The molecule has 9 N–H and O–H groups in total. The molecule has 7 aliphatic rings. The number of aliphatic carboxylic acids is 1. The molecule has 1 aromatic carbocycles. The molecule has 5 fully saturated rings. The number of fused-ring (bicyclic) bond motifs is 5. The summed E-state index contributed by atoms with van der Waals surface area (Å²) >= 11 is -3.10. The van der Waals surface area contributed by atoms with Crippen molar-refractivity contribution in [3.05, 3.63) is 29.3 Å². The van der Waals surface area contributed by atoms with Crippen LogP contribution in [0.15, 0.2) is 18.2 Å². The molecule has 1 aromatic rings. The van der Waals surface area contributed by atoms with Crippen LogP contribution in [-0.2, 0) is 83.6 Å². The maximum atomic E-state index is 16.3. The number of benzene rings is 1. The first-order chi connectivity index (χ1) is 38.7. The number of likely N-dealkylation sites (tertiary alicyclic amines) is 1. The third-order valence-corrected chi connectivity index (χ3v) is 19.6. The number of esters is 2. The summed E-state index contributed by atoms with van der Waals surface area (Å²) in [7, 11) is 1.35. The number of anilines is 1. The third-order valence-electron chi connectivity index (χ3n) is 16.3. The van der Waals surface area contributed by atoms with Crippen LogP contribution in [0.25, 0.3) is 0 Å². The van der Waals surface area contributed by atoms with E-state index in [9.17, 15) is 57.8 Å². The fourth-order valence-electron chi connectivity index (χ4n) is 11.9. The minimum atomic E-state index is -3.10. The standard InChI is InChI=1S/C52H74FN11O16.Al/c1-4-29(2)46(50(76)59-35-9-8-31-6-5-7-32-20-37(64(47(31)32)51(35)77)49(75)60-36-21-44(72)80-52(36)78-3)61-40(66)13-16-56-39(65)12-17-57-48(74)34(10-11-42(68)69)58-41(67)27-62-18-14-30(15-19-62)22-54-23-33-26-63(28-45(73)79-33)38(53)24-55-25-43(70)71;/h5-7,29-30,34-37,46,52,54-55H,4,8-28H2,1-3H3,(H,56,65)(H,57,74)(H,58,67)(H,59,76)(H,60,75)(H,61,66)(H,68,69)(H,70,71);/q;+1/p-1/t29-,34+,35-,36+,37-,46-,52+;/m0./s1. The Morgan fingerprint density at radius 2 is 1.64 bits per heavy atom. The first kappa shape index (κ1) is 60.7. The molecular weight excluding hydrogens is 1080 g/mol. The molecule has 2 bridgehead atoms. The van der Waals surface area contributed by atoms with Crippen molar-refractivity contribution in [2.45, 2.75) is 130 Å². The zero-order valence-electron chi connectivity index (χ0n) is 45.8. The van der Waals surface area contributed by atoms with E-state index in [0.29, 0.717) is 51.0 Å². The number of methoxy groups -OCH3 is 1. The van der Waals surface area contributed by atoms with E-state index in [0.717, 1.165) is 11.1 Å². The molecule has 7 heterocycles. The fourth-order valence-corrected chi connectivity index (χ4v) is 15.2. The lowest BCUT2D eigenvalue weighted by atomic mass is 9.96. The molecule has 0 spiro atoms. The van der Waals surface area contributed by atoms with E-state index in [1.807, 2.05) is 30.0 Å². The van der Waals surface area contributed by atoms with Crippen LogP contribution in [0.3, 0.4) is 0 Å². The number of aryl methyl sites for hydroxylation is 1. The number of amides is 7. The van der Waals surface area contributed by atoms with Gasteiger partial charge in [0.05, 0.1) is 31.7 Å². The van der Waals surface area contributed by atoms with E-state index in [-0.39, 0.29) is 103 Å². The average molecular weight is 1150 g/mol.